The summed E-state index contributed by atoms with van der Waals surface area (Å²) in [5.74, 6) is 1.73. The van der Waals surface area contributed by atoms with Gasteiger partial charge in [0.2, 0.25) is 0 Å². The van der Waals surface area contributed by atoms with Gasteiger partial charge in [-0.1, -0.05) is 51.9 Å². The van der Waals surface area contributed by atoms with E-state index in [2.05, 4.69) is 39.7 Å². The number of aryl methyl sites for hydroxylation is 1. The lowest BCUT2D eigenvalue weighted by molar-refractivity contribution is 0.571. The highest BCUT2D eigenvalue weighted by molar-refractivity contribution is 14.0. The molecular formula is C17H35IN6. The maximum absolute atomic E-state index is 4.56. The molecule has 0 saturated heterocycles. The van der Waals surface area contributed by atoms with Crippen LogP contribution in [0.4, 0.5) is 0 Å². The molecule has 7 heteroatoms. The van der Waals surface area contributed by atoms with E-state index in [-0.39, 0.29) is 24.0 Å². The number of hydrogen-bond donors (Lipinski definition) is 2. The maximum atomic E-state index is 4.56. The second-order valence-corrected chi connectivity index (χ2v) is 5.95. The summed E-state index contributed by atoms with van der Waals surface area (Å²) < 4.78 is 1.89. The molecule has 2 N–H and O–H groups in total. The summed E-state index contributed by atoms with van der Waals surface area (Å²) >= 11 is 0. The van der Waals surface area contributed by atoms with Crippen LogP contribution in [0.1, 0.15) is 71.0 Å². The van der Waals surface area contributed by atoms with Gasteiger partial charge in [-0.15, -0.1) is 34.2 Å². The summed E-state index contributed by atoms with van der Waals surface area (Å²) in [5.41, 5.74) is 0. The number of hydrogen-bond acceptors (Lipinski definition) is 3. The molecule has 0 atom stereocenters. The molecule has 1 rings (SSSR count). The topological polar surface area (TPSA) is 67.1 Å². The van der Waals surface area contributed by atoms with Crippen molar-refractivity contribution < 1.29 is 0 Å². The maximum Gasteiger partial charge on any atom is 0.191 e. The molecule has 6 nitrogen and oxygen atoms in total. The highest BCUT2D eigenvalue weighted by Crippen LogP contribution is 2.07. The minimum atomic E-state index is 0. The third-order valence-corrected chi connectivity index (χ3v) is 3.85. The predicted molar refractivity (Wildman–Crippen MR) is 112 cm³/mol. The Morgan fingerprint density at radius 3 is 2.29 bits per heavy atom. The van der Waals surface area contributed by atoms with Gasteiger partial charge in [-0.3, -0.25) is 0 Å². The van der Waals surface area contributed by atoms with Crippen LogP contribution in [0, 0.1) is 0 Å². The lowest BCUT2D eigenvalue weighted by Crippen LogP contribution is -2.37. The van der Waals surface area contributed by atoms with Gasteiger partial charge < -0.3 is 15.2 Å². The second kappa shape index (κ2) is 15.7. The molecule has 0 aliphatic rings. The molecule has 0 amide bonds. The van der Waals surface area contributed by atoms with Crippen molar-refractivity contribution >= 4 is 29.9 Å². The molecule has 0 saturated carbocycles. The van der Waals surface area contributed by atoms with Crippen LogP contribution in [0.2, 0.25) is 0 Å². The lowest BCUT2D eigenvalue weighted by Gasteiger charge is -2.11. The Kier molecular flexibility index (Phi) is 15.1. The number of aromatic nitrogens is 3. The minimum Gasteiger partial charge on any atom is -0.357 e. The first-order valence-electron chi connectivity index (χ1n) is 9.13. The Balaban J connectivity index is 0.00000529. The molecule has 0 aliphatic carbocycles. The highest BCUT2D eigenvalue weighted by atomic mass is 127. The van der Waals surface area contributed by atoms with Crippen molar-refractivity contribution in [2.75, 3.05) is 13.1 Å². The molecule has 0 fully saturated rings. The SMILES string of the molecule is CCCCCCCCCCNC(=NCc1nncn1C)NCC.I. The monoisotopic (exact) mass is 450 g/mol. The molecule has 0 unspecified atom stereocenters. The number of unbranched alkanes of at least 4 members (excludes halogenated alkanes) is 7. The van der Waals surface area contributed by atoms with Gasteiger partial charge in [0.25, 0.3) is 0 Å². The van der Waals surface area contributed by atoms with E-state index in [4.69, 9.17) is 0 Å². The summed E-state index contributed by atoms with van der Waals surface area (Å²) in [6.45, 7) is 6.72. The summed E-state index contributed by atoms with van der Waals surface area (Å²) in [7, 11) is 1.94. The first-order valence-corrected chi connectivity index (χ1v) is 9.13. The van der Waals surface area contributed by atoms with E-state index in [1.165, 1.54) is 51.4 Å². The van der Waals surface area contributed by atoms with Crippen molar-refractivity contribution in [3.8, 4) is 0 Å². The van der Waals surface area contributed by atoms with E-state index in [0.29, 0.717) is 6.54 Å². The molecule has 0 radical (unpaired) electrons. The molecule has 1 heterocycles. The van der Waals surface area contributed by atoms with Crippen LogP contribution >= 0.6 is 24.0 Å². The van der Waals surface area contributed by atoms with Gasteiger partial charge in [-0.05, 0) is 13.3 Å². The fourth-order valence-corrected chi connectivity index (χ4v) is 2.41. The molecular weight excluding hydrogens is 415 g/mol. The number of nitrogens with zero attached hydrogens (tertiary/aromatic N) is 4. The van der Waals surface area contributed by atoms with E-state index >= 15 is 0 Å². The van der Waals surface area contributed by atoms with Crippen LogP contribution in [0.15, 0.2) is 11.3 Å². The number of nitrogens with one attached hydrogen (secondary N) is 2. The lowest BCUT2D eigenvalue weighted by atomic mass is 10.1. The fourth-order valence-electron chi connectivity index (χ4n) is 2.41. The van der Waals surface area contributed by atoms with Crippen LogP contribution in [-0.2, 0) is 13.6 Å². The third-order valence-electron chi connectivity index (χ3n) is 3.85. The smallest absolute Gasteiger partial charge is 0.191 e. The van der Waals surface area contributed by atoms with Crippen LogP contribution in [0.5, 0.6) is 0 Å². The fraction of sp³-hybridized carbons (Fsp3) is 0.824. The Hall–Kier alpha value is -0.860. The first-order chi connectivity index (χ1) is 11.3. The summed E-state index contributed by atoms with van der Waals surface area (Å²) in [6, 6.07) is 0. The van der Waals surface area contributed by atoms with Crippen LogP contribution in [0.3, 0.4) is 0 Å². The van der Waals surface area contributed by atoms with Gasteiger partial charge in [0.1, 0.15) is 12.9 Å². The number of rotatable bonds is 12. The molecule has 140 valence electrons. The van der Waals surface area contributed by atoms with Crippen molar-refractivity contribution in [3.63, 3.8) is 0 Å². The molecule has 24 heavy (non-hydrogen) atoms. The van der Waals surface area contributed by atoms with Gasteiger partial charge >= 0.3 is 0 Å². The van der Waals surface area contributed by atoms with Gasteiger partial charge in [0.05, 0.1) is 0 Å². The van der Waals surface area contributed by atoms with Crippen molar-refractivity contribution in [3.05, 3.63) is 12.2 Å². The third kappa shape index (κ3) is 10.8. The molecule has 0 aromatic carbocycles. The van der Waals surface area contributed by atoms with Crippen LogP contribution in [0.25, 0.3) is 0 Å². The zero-order valence-corrected chi connectivity index (χ0v) is 17.9. The number of guanidine groups is 1. The van der Waals surface area contributed by atoms with E-state index in [1.807, 2.05) is 11.6 Å². The van der Waals surface area contributed by atoms with Crippen molar-refractivity contribution in [1.82, 2.24) is 25.4 Å². The molecule has 0 aliphatic heterocycles. The standard InChI is InChI=1S/C17H34N6.HI/c1-4-6-7-8-9-10-11-12-13-19-17(18-5-2)20-14-16-22-21-15-23(16)3;/h15H,4-14H2,1-3H3,(H2,18,19,20);1H. The second-order valence-electron chi connectivity index (χ2n) is 5.95. The van der Waals surface area contributed by atoms with Gasteiger partial charge in [-0.2, -0.15) is 0 Å². The van der Waals surface area contributed by atoms with Gasteiger partial charge in [-0.25, -0.2) is 4.99 Å². The normalized spacial score (nSPS) is 11.2. The molecule has 1 aromatic heterocycles. The number of halogens is 1. The number of aliphatic imine (C=N–C) groups is 1. The van der Waals surface area contributed by atoms with E-state index < -0.39 is 0 Å². The van der Waals surface area contributed by atoms with Crippen LogP contribution in [-0.4, -0.2) is 33.8 Å². The van der Waals surface area contributed by atoms with Crippen molar-refractivity contribution in [1.29, 1.82) is 0 Å². The summed E-state index contributed by atoms with van der Waals surface area (Å²) in [4.78, 5) is 4.56. The molecule has 0 bridgehead atoms. The largest absolute Gasteiger partial charge is 0.357 e. The van der Waals surface area contributed by atoms with Crippen molar-refractivity contribution in [2.45, 2.75) is 71.8 Å². The summed E-state index contributed by atoms with van der Waals surface area (Å²) in [6.07, 6.45) is 12.4. The molecule has 1 aromatic rings. The average Bonchev–Trinajstić information content (AvgIpc) is 2.96. The van der Waals surface area contributed by atoms with E-state index in [1.54, 1.807) is 6.33 Å². The van der Waals surface area contributed by atoms with Gasteiger partial charge in [0.15, 0.2) is 11.8 Å². The van der Waals surface area contributed by atoms with E-state index in [9.17, 15) is 0 Å². The van der Waals surface area contributed by atoms with Crippen molar-refractivity contribution in [2.24, 2.45) is 12.0 Å². The zero-order chi connectivity index (χ0) is 16.8. The van der Waals surface area contributed by atoms with Gasteiger partial charge in [0, 0.05) is 20.1 Å². The quantitative estimate of drug-likeness (QED) is 0.221. The minimum absolute atomic E-state index is 0. The summed E-state index contributed by atoms with van der Waals surface area (Å²) in [5, 5.41) is 14.6. The average molecular weight is 450 g/mol. The first kappa shape index (κ1) is 23.1. The van der Waals surface area contributed by atoms with E-state index in [0.717, 1.165) is 24.9 Å². The Bertz CT molecular complexity index is 432. The Morgan fingerprint density at radius 2 is 1.71 bits per heavy atom. The highest BCUT2D eigenvalue weighted by Gasteiger charge is 2.01. The zero-order valence-electron chi connectivity index (χ0n) is 15.6. The Labute approximate surface area is 164 Å². The van der Waals surface area contributed by atoms with Crippen LogP contribution < -0.4 is 10.6 Å². The Morgan fingerprint density at radius 1 is 1.04 bits per heavy atom. The molecule has 0 spiro atoms. The predicted octanol–water partition coefficient (Wildman–Crippen LogP) is 3.63.